The summed E-state index contributed by atoms with van der Waals surface area (Å²) in [5.41, 5.74) is 1.13. The fourth-order valence-electron chi connectivity index (χ4n) is 1.70. The van der Waals surface area contributed by atoms with Crippen molar-refractivity contribution in [3.8, 4) is 0 Å². The summed E-state index contributed by atoms with van der Waals surface area (Å²) in [6, 6.07) is 12.9. The van der Waals surface area contributed by atoms with Gasteiger partial charge in [0, 0.05) is 16.6 Å². The largest absolute Gasteiger partial charge is 0.868 e. The van der Waals surface area contributed by atoms with Gasteiger partial charge in [-0.05, 0) is 29.7 Å². The number of nitrogens with zero attached hydrogens (tertiary/aromatic N) is 1. The predicted octanol–water partition coefficient (Wildman–Crippen LogP) is 3.11. The highest BCUT2D eigenvalue weighted by Crippen LogP contribution is 2.20. The van der Waals surface area contributed by atoms with Crippen LogP contribution in [-0.2, 0) is 0 Å². The van der Waals surface area contributed by atoms with E-state index in [4.69, 9.17) is 12.2 Å². The highest BCUT2D eigenvalue weighted by atomic mass is 79.9. The van der Waals surface area contributed by atoms with Crippen molar-refractivity contribution in [2.75, 3.05) is 6.26 Å². The normalized spacial score (nSPS) is 11.9. The average Bonchev–Trinajstić information content (AvgIpc) is 2.49. The Kier molecular flexibility index (Phi) is 5.34. The topological polar surface area (TPSA) is 26.9 Å². The van der Waals surface area contributed by atoms with Gasteiger partial charge >= 0.3 is 0 Å². The number of pyridine rings is 1. The average molecular weight is 366 g/mol. The van der Waals surface area contributed by atoms with E-state index in [1.165, 1.54) is 11.8 Å². The third kappa shape index (κ3) is 3.48. The molecule has 1 heterocycles. The minimum Gasteiger partial charge on any atom is -0.868 e. The van der Waals surface area contributed by atoms with E-state index < -0.39 is 0 Å². The van der Waals surface area contributed by atoms with Gasteiger partial charge in [0.1, 0.15) is 4.20 Å². The van der Waals surface area contributed by atoms with Gasteiger partial charge in [-0.2, -0.15) is 4.57 Å². The van der Waals surface area contributed by atoms with Gasteiger partial charge in [0.2, 0.25) is 5.70 Å². The first kappa shape index (κ1) is 15.2. The van der Waals surface area contributed by atoms with E-state index in [9.17, 15) is 5.11 Å². The number of thiocarbonyl (C=S) groups is 1. The van der Waals surface area contributed by atoms with E-state index in [1.807, 2.05) is 49.0 Å². The van der Waals surface area contributed by atoms with Crippen LogP contribution in [0, 0.1) is 0 Å². The second-order valence-electron chi connectivity index (χ2n) is 3.96. The van der Waals surface area contributed by atoms with E-state index in [2.05, 4.69) is 15.9 Å². The Morgan fingerprint density at radius 3 is 2.30 bits per heavy atom. The van der Waals surface area contributed by atoms with Crippen molar-refractivity contribution in [2.24, 2.45) is 0 Å². The molecule has 0 aliphatic carbocycles. The van der Waals surface area contributed by atoms with E-state index in [0.717, 1.165) is 4.47 Å². The lowest BCUT2D eigenvalue weighted by Crippen LogP contribution is -2.36. The second-order valence-corrected chi connectivity index (χ2v) is 6.36. The van der Waals surface area contributed by atoms with Gasteiger partial charge in [-0.15, -0.1) is 11.8 Å². The lowest BCUT2D eigenvalue weighted by Gasteiger charge is -2.15. The summed E-state index contributed by atoms with van der Waals surface area (Å²) >= 11 is 10.1. The third-order valence-corrected chi connectivity index (χ3v) is 4.46. The number of halogens is 1. The first-order chi connectivity index (χ1) is 9.63. The van der Waals surface area contributed by atoms with Crippen molar-refractivity contribution in [1.29, 1.82) is 0 Å². The zero-order valence-electron chi connectivity index (χ0n) is 10.7. The van der Waals surface area contributed by atoms with Crippen molar-refractivity contribution in [2.45, 2.75) is 0 Å². The van der Waals surface area contributed by atoms with E-state index in [-0.39, 0.29) is 5.76 Å². The molecule has 0 aliphatic heterocycles. The summed E-state index contributed by atoms with van der Waals surface area (Å²) in [4.78, 5) is 0. The molecule has 0 aliphatic rings. The van der Waals surface area contributed by atoms with Crippen LogP contribution in [0.2, 0.25) is 0 Å². The van der Waals surface area contributed by atoms with Crippen LogP contribution in [0.1, 0.15) is 5.56 Å². The molecular weight excluding hydrogens is 354 g/mol. The Labute approximate surface area is 136 Å². The molecule has 0 saturated heterocycles. The first-order valence-electron chi connectivity index (χ1n) is 5.85. The Balaban J connectivity index is 2.57. The van der Waals surface area contributed by atoms with Gasteiger partial charge in [-0.1, -0.05) is 46.3 Å². The van der Waals surface area contributed by atoms with Crippen molar-refractivity contribution in [3.63, 3.8) is 0 Å². The van der Waals surface area contributed by atoms with Crippen LogP contribution in [-0.4, -0.2) is 10.5 Å². The minimum atomic E-state index is -0.0759. The molecule has 20 heavy (non-hydrogen) atoms. The Hall–Kier alpha value is -1.17. The number of hydrogen-bond donors (Lipinski definition) is 0. The van der Waals surface area contributed by atoms with Gasteiger partial charge in [0.15, 0.2) is 12.4 Å². The Morgan fingerprint density at radius 1 is 1.15 bits per heavy atom. The number of benzene rings is 1. The van der Waals surface area contributed by atoms with Gasteiger partial charge in [-0.3, -0.25) is 0 Å². The van der Waals surface area contributed by atoms with E-state index in [1.54, 1.807) is 16.7 Å². The molecule has 0 N–H and O–H groups in total. The summed E-state index contributed by atoms with van der Waals surface area (Å²) in [7, 11) is 0. The molecule has 102 valence electrons. The summed E-state index contributed by atoms with van der Waals surface area (Å²) in [5, 5.41) is 12.7. The molecule has 2 rings (SSSR count). The third-order valence-electron chi connectivity index (χ3n) is 2.67. The zero-order chi connectivity index (χ0) is 14.5. The number of aromatic nitrogens is 1. The Bertz CT molecular complexity index is 639. The molecule has 0 unspecified atom stereocenters. The maximum atomic E-state index is 12.7. The van der Waals surface area contributed by atoms with Crippen LogP contribution < -0.4 is 9.67 Å². The lowest BCUT2D eigenvalue weighted by atomic mass is 10.1. The molecule has 0 amide bonds. The number of thioether (sulfide) groups is 1. The molecule has 1 aromatic heterocycles. The molecule has 2 aromatic rings. The van der Waals surface area contributed by atoms with Crippen molar-refractivity contribution >= 4 is 55.6 Å². The molecular formula is C15H12BrNOS2. The maximum absolute atomic E-state index is 12.7. The Morgan fingerprint density at radius 2 is 1.75 bits per heavy atom. The summed E-state index contributed by atoms with van der Waals surface area (Å²) in [5.74, 6) is -0.0759. The van der Waals surface area contributed by atoms with Crippen LogP contribution in [0.25, 0.3) is 11.5 Å². The van der Waals surface area contributed by atoms with Crippen molar-refractivity contribution < 1.29 is 9.67 Å². The summed E-state index contributed by atoms with van der Waals surface area (Å²) in [6.07, 6.45) is 5.53. The first-order valence-corrected chi connectivity index (χ1v) is 8.28. The number of hydrogen-bond acceptors (Lipinski definition) is 3. The maximum Gasteiger partial charge on any atom is 0.228 e. The molecule has 0 bridgehead atoms. The van der Waals surface area contributed by atoms with E-state index in [0.29, 0.717) is 15.5 Å². The van der Waals surface area contributed by atoms with Gasteiger partial charge < -0.3 is 5.11 Å². The smallest absolute Gasteiger partial charge is 0.228 e. The van der Waals surface area contributed by atoms with Crippen LogP contribution in [0.3, 0.4) is 0 Å². The summed E-state index contributed by atoms with van der Waals surface area (Å²) in [6.45, 7) is 0. The standard InChI is InChI=1S/C15H12BrNOS2/c1-20-15(19)13(17-9-3-2-4-10-17)14(18)11-5-7-12(16)8-6-11/h2-10H,1H3. The SMILES string of the molecule is CSC(=S)/C(=C(/[O-])c1ccc(Br)cc1)[n+]1ccccc1. The fourth-order valence-corrected chi connectivity index (χ4v) is 2.55. The van der Waals surface area contributed by atoms with Crippen LogP contribution in [0.5, 0.6) is 0 Å². The molecule has 0 saturated carbocycles. The van der Waals surface area contributed by atoms with Crippen LogP contribution >= 0.6 is 39.9 Å². The van der Waals surface area contributed by atoms with Gasteiger partial charge in [0.05, 0.1) is 0 Å². The monoisotopic (exact) mass is 365 g/mol. The van der Waals surface area contributed by atoms with Crippen LogP contribution in [0.4, 0.5) is 0 Å². The van der Waals surface area contributed by atoms with Crippen molar-refractivity contribution in [1.82, 2.24) is 0 Å². The van der Waals surface area contributed by atoms with Crippen molar-refractivity contribution in [3.05, 3.63) is 64.9 Å². The minimum absolute atomic E-state index is 0.0759. The quantitative estimate of drug-likeness (QED) is 0.362. The molecule has 0 spiro atoms. The highest BCUT2D eigenvalue weighted by Gasteiger charge is 2.17. The molecule has 0 fully saturated rings. The highest BCUT2D eigenvalue weighted by molar-refractivity contribution is 9.10. The molecule has 1 aromatic carbocycles. The molecule has 2 nitrogen and oxygen atoms in total. The van der Waals surface area contributed by atoms with E-state index >= 15 is 0 Å². The molecule has 5 heteroatoms. The molecule has 0 radical (unpaired) electrons. The molecule has 0 atom stereocenters. The van der Waals surface area contributed by atoms with Gasteiger partial charge in [0.25, 0.3) is 0 Å². The van der Waals surface area contributed by atoms with Crippen LogP contribution in [0.15, 0.2) is 59.3 Å². The van der Waals surface area contributed by atoms with Gasteiger partial charge in [-0.25, -0.2) is 0 Å². The fraction of sp³-hybridized carbons (Fsp3) is 0.0667. The zero-order valence-corrected chi connectivity index (χ0v) is 14.0. The lowest BCUT2D eigenvalue weighted by molar-refractivity contribution is -0.577. The number of rotatable bonds is 3. The second kappa shape index (κ2) is 7.02. The predicted molar refractivity (Wildman–Crippen MR) is 90.0 cm³/mol. The summed E-state index contributed by atoms with van der Waals surface area (Å²) < 4.78 is 3.29.